The summed E-state index contributed by atoms with van der Waals surface area (Å²) in [5, 5.41) is 13.3. The number of hydrogen-bond donors (Lipinski definition) is 1. The molecule has 2 aromatic carbocycles. The van der Waals surface area contributed by atoms with Gasteiger partial charge in [-0.15, -0.1) is 10.2 Å². The first kappa shape index (κ1) is 21.6. The summed E-state index contributed by atoms with van der Waals surface area (Å²) in [5.41, 5.74) is 3.38. The van der Waals surface area contributed by atoms with Gasteiger partial charge in [0.05, 0.1) is 27.6 Å². The van der Waals surface area contributed by atoms with Gasteiger partial charge in [-0.2, -0.15) is 0 Å². The van der Waals surface area contributed by atoms with E-state index >= 15 is 0 Å². The van der Waals surface area contributed by atoms with E-state index in [4.69, 9.17) is 9.72 Å². The molecule has 1 amide bonds. The van der Waals surface area contributed by atoms with Gasteiger partial charge in [-0.3, -0.25) is 4.79 Å². The van der Waals surface area contributed by atoms with Gasteiger partial charge < -0.3 is 14.6 Å². The number of ether oxygens (including phenoxy) is 1. The third kappa shape index (κ3) is 4.11. The number of aromatic nitrogens is 5. The number of carbonyl (C=O) groups excluding carboxylic acids is 1. The van der Waals surface area contributed by atoms with Crippen LogP contribution in [0.2, 0.25) is 0 Å². The number of benzene rings is 2. The highest BCUT2D eigenvalue weighted by molar-refractivity contribution is 8.00. The smallest absolute Gasteiger partial charge is 0.239 e. The number of nitrogens with one attached hydrogen (secondary N) is 1. The first-order valence-corrected chi connectivity index (χ1v) is 12.4. The Labute approximate surface area is 198 Å². The average Bonchev–Trinajstić information content (AvgIpc) is 3.35. The highest BCUT2D eigenvalue weighted by Crippen LogP contribution is 2.31. The van der Waals surface area contributed by atoms with E-state index < -0.39 is 0 Å². The van der Waals surface area contributed by atoms with E-state index in [1.807, 2.05) is 67.9 Å². The lowest BCUT2D eigenvalue weighted by Gasteiger charge is -2.12. The van der Waals surface area contributed by atoms with Gasteiger partial charge in [0.15, 0.2) is 10.8 Å². The normalized spacial score (nSPS) is 12.5. The zero-order chi connectivity index (χ0) is 22.9. The number of amides is 1. The van der Waals surface area contributed by atoms with Gasteiger partial charge in [-0.1, -0.05) is 48.2 Å². The van der Waals surface area contributed by atoms with Crippen molar-refractivity contribution in [2.75, 3.05) is 11.9 Å². The monoisotopic (exact) mass is 478 g/mol. The van der Waals surface area contributed by atoms with Crippen molar-refractivity contribution in [1.82, 2.24) is 24.7 Å². The molecular formula is C23H22N6O2S2. The third-order valence-corrected chi connectivity index (χ3v) is 7.45. The number of nitrogens with zero attached hydrogens (tertiary/aromatic N) is 5. The number of fused-ring (bicyclic) bond motifs is 4. The number of rotatable bonds is 7. The molecule has 0 radical (unpaired) electrons. The zero-order valence-corrected chi connectivity index (χ0v) is 20.0. The van der Waals surface area contributed by atoms with E-state index in [1.54, 1.807) is 0 Å². The fourth-order valence-corrected chi connectivity index (χ4v) is 5.40. The van der Waals surface area contributed by atoms with Gasteiger partial charge in [0, 0.05) is 12.4 Å². The number of thioether (sulfide) groups is 1. The van der Waals surface area contributed by atoms with Crippen LogP contribution >= 0.6 is 23.1 Å². The Balaban J connectivity index is 1.36. The minimum atomic E-state index is -0.370. The summed E-state index contributed by atoms with van der Waals surface area (Å²) >= 11 is 2.74. The molecule has 33 heavy (non-hydrogen) atoms. The van der Waals surface area contributed by atoms with Crippen molar-refractivity contribution < 1.29 is 9.53 Å². The van der Waals surface area contributed by atoms with Crippen molar-refractivity contribution in [2.24, 2.45) is 7.05 Å². The van der Waals surface area contributed by atoms with Crippen LogP contribution in [0.1, 0.15) is 20.3 Å². The fourth-order valence-electron chi connectivity index (χ4n) is 3.69. The Morgan fingerprint density at radius 2 is 2.03 bits per heavy atom. The summed E-state index contributed by atoms with van der Waals surface area (Å²) in [6.45, 7) is 4.51. The summed E-state index contributed by atoms with van der Waals surface area (Å²) in [5.74, 6) is 0.661. The van der Waals surface area contributed by atoms with Crippen molar-refractivity contribution in [2.45, 2.75) is 30.7 Å². The Morgan fingerprint density at radius 1 is 1.18 bits per heavy atom. The Kier molecular flexibility index (Phi) is 5.86. The molecule has 1 atom stereocenters. The summed E-state index contributed by atoms with van der Waals surface area (Å²) < 4.78 is 8.52. The number of aryl methyl sites for hydroxylation is 1. The molecule has 0 aliphatic carbocycles. The second-order valence-corrected chi connectivity index (χ2v) is 9.63. The molecule has 168 valence electrons. The maximum absolute atomic E-state index is 13.0. The van der Waals surface area contributed by atoms with E-state index in [0.29, 0.717) is 23.3 Å². The lowest BCUT2D eigenvalue weighted by atomic mass is 10.2. The number of anilines is 1. The van der Waals surface area contributed by atoms with E-state index in [-0.39, 0.29) is 11.2 Å². The predicted octanol–water partition coefficient (Wildman–Crippen LogP) is 5.03. The minimum Gasteiger partial charge on any atom is -0.494 e. The molecule has 1 unspecified atom stereocenters. The van der Waals surface area contributed by atoms with Crippen LogP contribution in [0.5, 0.6) is 5.75 Å². The van der Waals surface area contributed by atoms with Crippen LogP contribution in [0, 0.1) is 0 Å². The van der Waals surface area contributed by atoms with Crippen LogP contribution in [-0.4, -0.2) is 42.5 Å². The summed E-state index contributed by atoms with van der Waals surface area (Å²) in [4.78, 5) is 22.2. The lowest BCUT2D eigenvalue weighted by molar-refractivity contribution is -0.115. The third-order valence-electron chi connectivity index (χ3n) is 5.30. The summed E-state index contributed by atoms with van der Waals surface area (Å²) in [6, 6.07) is 13.7. The topological polar surface area (TPSA) is 94.8 Å². The first-order valence-electron chi connectivity index (χ1n) is 10.7. The van der Waals surface area contributed by atoms with E-state index in [9.17, 15) is 4.79 Å². The Bertz CT molecular complexity index is 1480. The SMILES string of the molecule is CCOc1ccc2nc(NC(=O)C(CC)Sc3nnc4c5ccccc5n(C)c4n3)sc2c1. The van der Waals surface area contributed by atoms with Crippen LogP contribution in [0.3, 0.4) is 0 Å². The number of para-hydroxylation sites is 1. The molecule has 5 aromatic rings. The van der Waals surface area contributed by atoms with Gasteiger partial charge >= 0.3 is 0 Å². The second-order valence-electron chi connectivity index (χ2n) is 7.43. The molecule has 1 N–H and O–H groups in total. The fraction of sp³-hybridized carbons (Fsp3) is 0.261. The zero-order valence-electron chi connectivity index (χ0n) is 18.4. The van der Waals surface area contributed by atoms with E-state index in [0.717, 1.165) is 38.0 Å². The van der Waals surface area contributed by atoms with Crippen LogP contribution in [0.15, 0.2) is 47.6 Å². The van der Waals surface area contributed by atoms with Gasteiger partial charge in [0.2, 0.25) is 11.1 Å². The van der Waals surface area contributed by atoms with Crippen molar-refractivity contribution in [3.8, 4) is 5.75 Å². The molecule has 0 aliphatic heterocycles. The maximum atomic E-state index is 13.0. The van der Waals surface area contributed by atoms with Crippen LogP contribution in [0.4, 0.5) is 5.13 Å². The Morgan fingerprint density at radius 3 is 2.85 bits per heavy atom. The van der Waals surface area contributed by atoms with Gasteiger partial charge in [-0.25, -0.2) is 9.97 Å². The number of hydrogen-bond acceptors (Lipinski definition) is 8. The molecular weight excluding hydrogens is 456 g/mol. The number of thiazole rings is 1. The molecule has 0 saturated carbocycles. The molecule has 0 saturated heterocycles. The van der Waals surface area contributed by atoms with E-state index in [1.165, 1.54) is 23.1 Å². The van der Waals surface area contributed by atoms with Gasteiger partial charge in [-0.05, 0) is 37.6 Å². The summed E-state index contributed by atoms with van der Waals surface area (Å²) in [6.07, 6.45) is 0.617. The molecule has 0 aliphatic rings. The second kappa shape index (κ2) is 8.95. The molecule has 0 spiro atoms. The van der Waals surface area contributed by atoms with Crippen LogP contribution < -0.4 is 10.1 Å². The highest BCUT2D eigenvalue weighted by atomic mass is 32.2. The standard InChI is InChI=1S/C23H22N6O2S2/c1-4-17(21(30)26-22-24-15-11-10-13(31-5-2)12-18(15)33-22)32-23-25-20-19(27-28-23)14-8-6-7-9-16(14)29(20)3/h6-12,17H,4-5H2,1-3H3,(H,24,26,30). The Hall–Kier alpha value is -3.24. The first-order chi connectivity index (χ1) is 16.1. The van der Waals surface area contributed by atoms with Crippen molar-refractivity contribution in [3.63, 3.8) is 0 Å². The predicted molar refractivity (Wildman–Crippen MR) is 133 cm³/mol. The largest absolute Gasteiger partial charge is 0.494 e. The molecule has 0 fully saturated rings. The molecule has 10 heteroatoms. The average molecular weight is 479 g/mol. The molecule has 5 rings (SSSR count). The quantitative estimate of drug-likeness (QED) is 0.328. The van der Waals surface area contributed by atoms with E-state index in [2.05, 4.69) is 20.5 Å². The van der Waals surface area contributed by atoms with Crippen LogP contribution in [0.25, 0.3) is 32.3 Å². The van der Waals surface area contributed by atoms with Crippen molar-refractivity contribution >= 4 is 66.4 Å². The summed E-state index contributed by atoms with van der Waals surface area (Å²) in [7, 11) is 1.96. The van der Waals surface area contributed by atoms with Crippen LogP contribution in [-0.2, 0) is 11.8 Å². The molecule has 8 nitrogen and oxygen atoms in total. The molecule has 3 aromatic heterocycles. The lowest BCUT2D eigenvalue weighted by Crippen LogP contribution is -2.24. The van der Waals surface area contributed by atoms with Gasteiger partial charge in [0.1, 0.15) is 11.3 Å². The van der Waals surface area contributed by atoms with Crippen molar-refractivity contribution in [3.05, 3.63) is 42.5 Å². The molecule has 0 bridgehead atoms. The highest BCUT2D eigenvalue weighted by Gasteiger charge is 2.22. The van der Waals surface area contributed by atoms with Crippen molar-refractivity contribution in [1.29, 1.82) is 0 Å². The maximum Gasteiger partial charge on any atom is 0.239 e. The molecule has 3 heterocycles. The minimum absolute atomic E-state index is 0.132. The van der Waals surface area contributed by atoms with Gasteiger partial charge in [0.25, 0.3) is 0 Å². The number of carbonyl (C=O) groups is 1.